The van der Waals surface area contributed by atoms with Crippen molar-refractivity contribution in [2.45, 2.75) is 13.8 Å². The molecule has 0 aromatic rings. The lowest BCUT2D eigenvalue weighted by atomic mass is 10.4. The lowest BCUT2D eigenvalue weighted by Crippen LogP contribution is -2.33. The van der Waals surface area contributed by atoms with Crippen molar-refractivity contribution < 1.29 is 10.2 Å². The molecule has 3 N–H and O–H groups in total. The highest BCUT2D eigenvalue weighted by Gasteiger charge is 2.00. The van der Waals surface area contributed by atoms with E-state index < -0.39 is 0 Å². The van der Waals surface area contributed by atoms with Gasteiger partial charge in [0, 0.05) is 38.6 Å². The van der Waals surface area contributed by atoms with E-state index in [0.717, 1.165) is 51.7 Å². The molecule has 7 heteroatoms. The first-order valence-corrected chi connectivity index (χ1v) is 8.93. The fraction of sp³-hybridized carbons (Fsp3) is 1.00. The summed E-state index contributed by atoms with van der Waals surface area (Å²) in [6, 6.07) is 0. The molecule has 0 aromatic heterocycles. The topological polar surface area (TPSA) is 62.2 Å². The number of likely N-dealkylation sites (N-methyl/N-ethyl adjacent to an activating group) is 3. The first-order valence-electron chi connectivity index (χ1n) is 8.39. The predicted molar refractivity (Wildman–Crippen MR) is 103 cm³/mol. The number of aliphatic hydroxyl groups is 2. The normalized spacial score (nSPS) is 10.4. The van der Waals surface area contributed by atoms with Gasteiger partial charge >= 0.3 is 0 Å². The highest BCUT2D eigenvalue weighted by atomic mass is 35.5. The van der Waals surface area contributed by atoms with Gasteiger partial charge in [-0.05, 0) is 41.3 Å². The van der Waals surface area contributed by atoms with Crippen LogP contribution in [0.4, 0.5) is 0 Å². The van der Waals surface area contributed by atoms with Gasteiger partial charge in [-0.2, -0.15) is 0 Å². The standard InChI is InChI=1S/C8H20N2O.C4H10ClN.C4H11NO/c1-4-10(7-8-11)6-5-9(2)3;1-6(2)4-3-5;1-2-5-3-4-6/h11H,4-8H2,1-3H3;3-4H2,1-2H3;5-6H,2-4H2,1H3. The van der Waals surface area contributed by atoms with E-state index in [-0.39, 0.29) is 13.2 Å². The molecule has 6 nitrogen and oxygen atoms in total. The Labute approximate surface area is 149 Å². The molecule has 0 aliphatic heterocycles. The van der Waals surface area contributed by atoms with Crippen molar-refractivity contribution in [3.05, 3.63) is 0 Å². The molecular formula is C16H41ClN4O2. The molecule has 0 spiro atoms. The van der Waals surface area contributed by atoms with Crippen LogP contribution in [0.15, 0.2) is 0 Å². The van der Waals surface area contributed by atoms with E-state index in [1.165, 1.54) is 0 Å². The second kappa shape index (κ2) is 24.3. The summed E-state index contributed by atoms with van der Waals surface area (Å²) < 4.78 is 0. The number of alkyl halides is 1. The Hall–Kier alpha value is 0.0500. The summed E-state index contributed by atoms with van der Waals surface area (Å²) >= 11 is 5.35. The lowest BCUT2D eigenvalue weighted by Gasteiger charge is -2.21. The Morgan fingerprint density at radius 2 is 1.39 bits per heavy atom. The van der Waals surface area contributed by atoms with Crippen molar-refractivity contribution in [1.29, 1.82) is 0 Å². The summed E-state index contributed by atoms with van der Waals surface area (Å²) in [4.78, 5) is 6.44. The monoisotopic (exact) mass is 356 g/mol. The molecule has 0 unspecified atom stereocenters. The van der Waals surface area contributed by atoms with Crippen molar-refractivity contribution in [2.24, 2.45) is 0 Å². The van der Waals surface area contributed by atoms with Crippen molar-refractivity contribution in [1.82, 2.24) is 20.0 Å². The van der Waals surface area contributed by atoms with Crippen LogP contribution < -0.4 is 5.32 Å². The van der Waals surface area contributed by atoms with Gasteiger partial charge in [-0.15, -0.1) is 11.6 Å². The summed E-state index contributed by atoms with van der Waals surface area (Å²) in [5.74, 6) is 0.729. The third-order valence-corrected chi connectivity index (χ3v) is 2.97. The van der Waals surface area contributed by atoms with Crippen molar-refractivity contribution in [2.75, 3.05) is 93.1 Å². The molecule has 0 aromatic carbocycles. The third kappa shape index (κ3) is 34.4. The average Bonchev–Trinajstić information content (AvgIpc) is 2.50. The van der Waals surface area contributed by atoms with Crippen LogP contribution in [-0.4, -0.2) is 118 Å². The molecular weight excluding hydrogens is 316 g/mol. The van der Waals surface area contributed by atoms with Gasteiger partial charge in [0.25, 0.3) is 0 Å². The van der Waals surface area contributed by atoms with E-state index in [2.05, 4.69) is 36.1 Å². The molecule has 0 heterocycles. The molecule has 0 saturated carbocycles. The number of hydrogen-bond donors (Lipinski definition) is 3. The summed E-state index contributed by atoms with van der Waals surface area (Å²) in [6.45, 7) is 11.2. The highest BCUT2D eigenvalue weighted by Crippen LogP contribution is 1.86. The maximum Gasteiger partial charge on any atom is 0.0558 e. The Morgan fingerprint density at radius 1 is 0.826 bits per heavy atom. The molecule has 0 saturated heterocycles. The first-order chi connectivity index (χ1) is 10.9. The van der Waals surface area contributed by atoms with Crippen LogP contribution in [0.3, 0.4) is 0 Å². The number of nitrogens with one attached hydrogen (secondary N) is 1. The van der Waals surface area contributed by atoms with Crippen LogP contribution in [0.2, 0.25) is 0 Å². The Bertz CT molecular complexity index is 195. The van der Waals surface area contributed by atoms with Crippen LogP contribution in [0.25, 0.3) is 0 Å². The molecule has 0 bridgehead atoms. The molecule has 0 fully saturated rings. The minimum Gasteiger partial charge on any atom is -0.395 e. The fourth-order valence-corrected chi connectivity index (χ4v) is 1.67. The number of halogens is 1. The molecule has 0 aliphatic carbocycles. The molecule has 0 rings (SSSR count). The van der Waals surface area contributed by atoms with E-state index in [1.54, 1.807) is 0 Å². The lowest BCUT2D eigenvalue weighted by molar-refractivity contribution is 0.189. The van der Waals surface area contributed by atoms with E-state index in [4.69, 9.17) is 21.8 Å². The minimum atomic E-state index is 0.244. The molecule has 0 aliphatic rings. The Kier molecular flexibility index (Phi) is 29.5. The quantitative estimate of drug-likeness (QED) is 0.364. The van der Waals surface area contributed by atoms with Crippen molar-refractivity contribution in [3.63, 3.8) is 0 Å². The molecule has 0 radical (unpaired) electrons. The zero-order valence-corrected chi connectivity index (χ0v) is 16.9. The summed E-state index contributed by atoms with van der Waals surface area (Å²) in [5.41, 5.74) is 0. The first kappa shape index (κ1) is 27.9. The number of nitrogens with zero attached hydrogens (tertiary/aromatic N) is 3. The summed E-state index contributed by atoms with van der Waals surface area (Å²) in [5, 5.41) is 19.8. The zero-order chi connectivity index (χ0) is 18.5. The van der Waals surface area contributed by atoms with E-state index >= 15 is 0 Å². The molecule has 144 valence electrons. The van der Waals surface area contributed by atoms with Crippen LogP contribution in [0.5, 0.6) is 0 Å². The van der Waals surface area contributed by atoms with Crippen LogP contribution in [0.1, 0.15) is 13.8 Å². The van der Waals surface area contributed by atoms with Crippen LogP contribution in [-0.2, 0) is 0 Å². The van der Waals surface area contributed by atoms with Gasteiger partial charge in [0.2, 0.25) is 0 Å². The number of aliphatic hydroxyl groups excluding tert-OH is 2. The fourth-order valence-electron chi connectivity index (χ4n) is 1.34. The second-order valence-electron chi connectivity index (χ2n) is 5.53. The Morgan fingerprint density at radius 3 is 1.61 bits per heavy atom. The van der Waals surface area contributed by atoms with E-state index in [9.17, 15) is 0 Å². The largest absolute Gasteiger partial charge is 0.395 e. The SMILES string of the molecule is CCN(CCO)CCN(C)C.CCNCCO.CN(C)CCCl. The molecule has 0 atom stereocenters. The maximum atomic E-state index is 8.68. The van der Waals surface area contributed by atoms with Gasteiger partial charge in [0.05, 0.1) is 13.2 Å². The average molecular weight is 357 g/mol. The summed E-state index contributed by atoms with van der Waals surface area (Å²) in [6.07, 6.45) is 0. The van der Waals surface area contributed by atoms with Crippen LogP contribution >= 0.6 is 11.6 Å². The number of rotatable bonds is 11. The van der Waals surface area contributed by atoms with Gasteiger partial charge in [0.1, 0.15) is 0 Å². The van der Waals surface area contributed by atoms with E-state index in [1.807, 2.05) is 25.9 Å². The van der Waals surface area contributed by atoms with Crippen molar-refractivity contribution >= 4 is 11.6 Å². The zero-order valence-electron chi connectivity index (χ0n) is 16.2. The van der Waals surface area contributed by atoms with Gasteiger partial charge in [0.15, 0.2) is 0 Å². The van der Waals surface area contributed by atoms with Gasteiger partial charge in [-0.3, -0.25) is 0 Å². The number of hydrogen-bond acceptors (Lipinski definition) is 6. The smallest absolute Gasteiger partial charge is 0.0558 e. The summed E-state index contributed by atoms with van der Waals surface area (Å²) in [7, 11) is 8.13. The van der Waals surface area contributed by atoms with Gasteiger partial charge in [-0.25, -0.2) is 0 Å². The molecule has 0 amide bonds. The Balaban J connectivity index is -0.000000284. The predicted octanol–water partition coefficient (Wildman–Crippen LogP) is 0.237. The van der Waals surface area contributed by atoms with Crippen LogP contribution in [0, 0.1) is 0 Å². The molecule has 23 heavy (non-hydrogen) atoms. The highest BCUT2D eigenvalue weighted by molar-refractivity contribution is 6.18. The van der Waals surface area contributed by atoms with E-state index in [0.29, 0.717) is 0 Å². The van der Waals surface area contributed by atoms with Gasteiger partial charge < -0.3 is 30.2 Å². The minimum absolute atomic E-state index is 0.244. The van der Waals surface area contributed by atoms with Crippen molar-refractivity contribution in [3.8, 4) is 0 Å². The maximum absolute atomic E-state index is 8.68. The van der Waals surface area contributed by atoms with Gasteiger partial charge in [-0.1, -0.05) is 13.8 Å². The third-order valence-electron chi connectivity index (χ3n) is 2.80. The second-order valence-corrected chi connectivity index (χ2v) is 5.91.